The van der Waals surface area contributed by atoms with Crippen molar-refractivity contribution < 1.29 is 5.11 Å². The third-order valence-electron chi connectivity index (χ3n) is 1.73. The number of benzene rings is 1. The molecule has 0 spiro atoms. The zero-order valence-corrected chi connectivity index (χ0v) is 6.68. The highest BCUT2D eigenvalue weighted by molar-refractivity contribution is 5.73. The van der Waals surface area contributed by atoms with Gasteiger partial charge in [0.15, 0.2) is 0 Å². The number of hydrogen-bond acceptors (Lipinski definition) is 3. The minimum absolute atomic E-state index is 0.627. The van der Waals surface area contributed by atoms with Gasteiger partial charge in [0.25, 0.3) is 0 Å². The van der Waals surface area contributed by atoms with Gasteiger partial charge in [-0.05, 0) is 19.1 Å². The van der Waals surface area contributed by atoms with Crippen molar-refractivity contribution in [2.24, 2.45) is 0 Å². The lowest BCUT2D eigenvalue weighted by molar-refractivity contribution is 0.113. The largest absolute Gasteiger partial charge is 0.372 e. The van der Waals surface area contributed by atoms with Gasteiger partial charge in [0.05, 0.1) is 5.52 Å². The first-order chi connectivity index (χ1) is 5.79. The summed E-state index contributed by atoms with van der Waals surface area (Å²) in [6.45, 7) is 1.65. The molecule has 0 saturated heterocycles. The summed E-state index contributed by atoms with van der Waals surface area (Å²) in [5, 5.41) is 17.0. The van der Waals surface area contributed by atoms with E-state index in [2.05, 4.69) is 10.3 Å². The normalized spacial score (nSPS) is 13.5. The maximum atomic E-state index is 9.27. The molecule has 0 radical (unpaired) electrons. The summed E-state index contributed by atoms with van der Waals surface area (Å²) in [5.41, 5.74) is 1.66. The number of para-hydroxylation sites is 1. The lowest BCUT2D eigenvalue weighted by Crippen LogP contribution is -2.05. The Bertz CT molecular complexity index is 394. The van der Waals surface area contributed by atoms with E-state index < -0.39 is 6.23 Å². The van der Waals surface area contributed by atoms with Crippen molar-refractivity contribution in [1.82, 2.24) is 15.0 Å². The van der Waals surface area contributed by atoms with Crippen LogP contribution in [0.3, 0.4) is 0 Å². The summed E-state index contributed by atoms with van der Waals surface area (Å²) < 4.78 is 1.48. The van der Waals surface area contributed by atoms with E-state index >= 15 is 0 Å². The van der Waals surface area contributed by atoms with Crippen LogP contribution in [0, 0.1) is 0 Å². The standard InChI is InChI=1S/C8H9N3O/c1-6(12)11-8-5-3-2-4-7(8)9-10-11/h2-6,12H,1H3/t6-/m1/s1. The van der Waals surface area contributed by atoms with Crippen molar-refractivity contribution in [1.29, 1.82) is 0 Å². The van der Waals surface area contributed by atoms with Crippen LogP contribution in [0.5, 0.6) is 0 Å². The van der Waals surface area contributed by atoms with E-state index in [9.17, 15) is 5.11 Å². The van der Waals surface area contributed by atoms with Crippen LogP contribution < -0.4 is 0 Å². The Labute approximate surface area is 69.4 Å². The second kappa shape index (κ2) is 2.57. The second-order valence-corrected chi connectivity index (χ2v) is 2.65. The van der Waals surface area contributed by atoms with Crippen molar-refractivity contribution in [3.8, 4) is 0 Å². The first kappa shape index (κ1) is 7.24. The van der Waals surface area contributed by atoms with Gasteiger partial charge in [-0.1, -0.05) is 17.3 Å². The summed E-state index contributed by atoms with van der Waals surface area (Å²) in [6, 6.07) is 7.53. The molecule has 0 amide bonds. The van der Waals surface area contributed by atoms with Crippen molar-refractivity contribution in [3.05, 3.63) is 24.3 Å². The molecule has 1 aromatic carbocycles. The lowest BCUT2D eigenvalue weighted by Gasteiger charge is -2.02. The summed E-state index contributed by atoms with van der Waals surface area (Å²) in [5.74, 6) is 0. The highest BCUT2D eigenvalue weighted by atomic mass is 16.3. The Kier molecular flexibility index (Phi) is 1.55. The van der Waals surface area contributed by atoms with E-state index in [-0.39, 0.29) is 0 Å². The zero-order valence-electron chi connectivity index (χ0n) is 6.68. The van der Waals surface area contributed by atoms with E-state index in [1.54, 1.807) is 6.92 Å². The van der Waals surface area contributed by atoms with Crippen LogP contribution >= 0.6 is 0 Å². The molecule has 4 nitrogen and oxygen atoms in total. The predicted molar refractivity (Wildman–Crippen MR) is 44.5 cm³/mol. The molecule has 0 bridgehead atoms. The average molecular weight is 163 g/mol. The minimum atomic E-state index is -0.627. The zero-order chi connectivity index (χ0) is 8.55. The monoisotopic (exact) mass is 163 g/mol. The van der Waals surface area contributed by atoms with Crippen molar-refractivity contribution in [3.63, 3.8) is 0 Å². The van der Waals surface area contributed by atoms with Crippen LogP contribution in [0.15, 0.2) is 24.3 Å². The van der Waals surface area contributed by atoms with Crippen molar-refractivity contribution in [2.45, 2.75) is 13.2 Å². The summed E-state index contributed by atoms with van der Waals surface area (Å²) in [7, 11) is 0. The Morgan fingerprint density at radius 1 is 1.42 bits per heavy atom. The van der Waals surface area contributed by atoms with Gasteiger partial charge in [0.2, 0.25) is 0 Å². The molecule has 0 aliphatic heterocycles. The van der Waals surface area contributed by atoms with E-state index in [1.165, 1.54) is 4.68 Å². The molecule has 1 aromatic heterocycles. The van der Waals surface area contributed by atoms with Crippen LogP contribution in [0.25, 0.3) is 11.0 Å². The molecular formula is C8H9N3O. The summed E-state index contributed by atoms with van der Waals surface area (Å²) >= 11 is 0. The maximum absolute atomic E-state index is 9.27. The SMILES string of the molecule is C[C@@H](O)n1nnc2ccccc21. The highest BCUT2D eigenvalue weighted by Crippen LogP contribution is 2.12. The molecule has 62 valence electrons. The summed E-state index contributed by atoms with van der Waals surface area (Å²) in [6.07, 6.45) is -0.627. The Morgan fingerprint density at radius 3 is 2.92 bits per heavy atom. The van der Waals surface area contributed by atoms with Crippen LogP contribution in [0.1, 0.15) is 13.2 Å². The molecule has 12 heavy (non-hydrogen) atoms. The van der Waals surface area contributed by atoms with Crippen molar-refractivity contribution >= 4 is 11.0 Å². The average Bonchev–Trinajstić information content (AvgIpc) is 2.47. The fraction of sp³-hybridized carbons (Fsp3) is 0.250. The fourth-order valence-corrected chi connectivity index (χ4v) is 1.16. The first-order valence-corrected chi connectivity index (χ1v) is 3.77. The van der Waals surface area contributed by atoms with E-state index in [1.807, 2.05) is 24.3 Å². The summed E-state index contributed by atoms with van der Waals surface area (Å²) in [4.78, 5) is 0. The van der Waals surface area contributed by atoms with Gasteiger partial charge in [0, 0.05) is 0 Å². The van der Waals surface area contributed by atoms with E-state index in [4.69, 9.17) is 0 Å². The van der Waals surface area contributed by atoms with Gasteiger partial charge in [-0.2, -0.15) is 0 Å². The number of fused-ring (bicyclic) bond motifs is 1. The predicted octanol–water partition coefficient (Wildman–Crippen LogP) is 0.942. The Morgan fingerprint density at radius 2 is 2.17 bits per heavy atom. The van der Waals surface area contributed by atoms with Gasteiger partial charge in [-0.15, -0.1) is 5.10 Å². The van der Waals surface area contributed by atoms with Gasteiger partial charge in [-0.25, -0.2) is 4.68 Å². The number of rotatable bonds is 1. The molecule has 2 aromatic rings. The molecular weight excluding hydrogens is 154 g/mol. The Hall–Kier alpha value is -1.42. The number of aliphatic hydroxyl groups is 1. The molecule has 0 fully saturated rings. The molecule has 0 unspecified atom stereocenters. The van der Waals surface area contributed by atoms with Gasteiger partial charge in [0.1, 0.15) is 11.7 Å². The second-order valence-electron chi connectivity index (χ2n) is 2.65. The quantitative estimate of drug-likeness (QED) is 0.680. The van der Waals surface area contributed by atoms with Crippen molar-refractivity contribution in [2.75, 3.05) is 0 Å². The molecule has 0 saturated carbocycles. The van der Waals surface area contributed by atoms with Crippen LogP contribution in [0.4, 0.5) is 0 Å². The number of aromatic nitrogens is 3. The molecule has 1 atom stereocenters. The lowest BCUT2D eigenvalue weighted by atomic mass is 10.3. The van der Waals surface area contributed by atoms with Gasteiger partial charge < -0.3 is 5.11 Å². The third-order valence-corrected chi connectivity index (χ3v) is 1.73. The number of aliphatic hydroxyl groups excluding tert-OH is 1. The minimum Gasteiger partial charge on any atom is -0.372 e. The maximum Gasteiger partial charge on any atom is 0.146 e. The molecule has 0 aliphatic carbocycles. The van der Waals surface area contributed by atoms with E-state index in [0.29, 0.717) is 0 Å². The number of hydrogen-bond donors (Lipinski definition) is 1. The van der Waals surface area contributed by atoms with Crippen LogP contribution in [-0.4, -0.2) is 20.1 Å². The fourth-order valence-electron chi connectivity index (χ4n) is 1.16. The molecule has 0 aliphatic rings. The van der Waals surface area contributed by atoms with E-state index in [0.717, 1.165) is 11.0 Å². The molecule has 1 N–H and O–H groups in total. The highest BCUT2D eigenvalue weighted by Gasteiger charge is 2.05. The topological polar surface area (TPSA) is 50.9 Å². The first-order valence-electron chi connectivity index (χ1n) is 3.77. The smallest absolute Gasteiger partial charge is 0.146 e. The van der Waals surface area contributed by atoms with Gasteiger partial charge >= 0.3 is 0 Å². The Balaban J connectivity index is 2.70. The van der Waals surface area contributed by atoms with Crippen LogP contribution in [0.2, 0.25) is 0 Å². The third kappa shape index (κ3) is 0.967. The van der Waals surface area contributed by atoms with Crippen LogP contribution in [-0.2, 0) is 0 Å². The van der Waals surface area contributed by atoms with Gasteiger partial charge in [-0.3, -0.25) is 0 Å². The molecule has 2 rings (SSSR count). The number of nitrogens with zero attached hydrogens (tertiary/aromatic N) is 3. The molecule has 1 heterocycles. The molecule has 4 heteroatoms.